The van der Waals surface area contributed by atoms with Gasteiger partial charge in [0.25, 0.3) is 0 Å². The van der Waals surface area contributed by atoms with E-state index in [-0.39, 0.29) is 0 Å². The van der Waals surface area contributed by atoms with Gasteiger partial charge < -0.3 is 10.6 Å². The van der Waals surface area contributed by atoms with Crippen LogP contribution < -0.4 is 10.6 Å². The van der Waals surface area contributed by atoms with Crippen LogP contribution in [0.3, 0.4) is 0 Å². The highest BCUT2D eigenvalue weighted by molar-refractivity contribution is 6.30. The SMILES string of the molecule is Clc1ccc(CNc2cc(NC3CCCCCC3)ncn2)cc1. The van der Waals surface area contributed by atoms with Crippen molar-refractivity contribution < 1.29 is 0 Å². The van der Waals surface area contributed by atoms with Crippen molar-refractivity contribution in [2.24, 2.45) is 0 Å². The van der Waals surface area contributed by atoms with Crippen LogP contribution in [0.5, 0.6) is 0 Å². The summed E-state index contributed by atoms with van der Waals surface area (Å²) in [6.45, 7) is 0.719. The summed E-state index contributed by atoms with van der Waals surface area (Å²) in [6.07, 6.45) is 9.42. The predicted molar refractivity (Wildman–Crippen MR) is 95.9 cm³/mol. The molecule has 1 aliphatic carbocycles. The van der Waals surface area contributed by atoms with Gasteiger partial charge in [-0.1, -0.05) is 49.4 Å². The summed E-state index contributed by atoms with van der Waals surface area (Å²) in [5.74, 6) is 1.75. The molecule has 0 saturated heterocycles. The summed E-state index contributed by atoms with van der Waals surface area (Å²) in [5.41, 5.74) is 1.17. The van der Waals surface area contributed by atoms with Gasteiger partial charge in [-0.05, 0) is 30.5 Å². The average molecular weight is 331 g/mol. The van der Waals surface area contributed by atoms with Crippen molar-refractivity contribution in [3.05, 3.63) is 47.2 Å². The fraction of sp³-hybridized carbons (Fsp3) is 0.444. The number of hydrogen-bond donors (Lipinski definition) is 2. The van der Waals surface area contributed by atoms with Gasteiger partial charge in [0.15, 0.2) is 0 Å². The van der Waals surface area contributed by atoms with Crippen molar-refractivity contribution >= 4 is 23.2 Å². The summed E-state index contributed by atoms with van der Waals surface area (Å²) in [4.78, 5) is 8.65. The van der Waals surface area contributed by atoms with Crippen LogP contribution in [0.4, 0.5) is 11.6 Å². The molecule has 0 spiro atoms. The molecule has 2 aromatic rings. The van der Waals surface area contributed by atoms with Crippen LogP contribution in [0.1, 0.15) is 44.1 Å². The van der Waals surface area contributed by atoms with Gasteiger partial charge in [0.05, 0.1) is 0 Å². The monoisotopic (exact) mass is 330 g/mol. The molecule has 0 unspecified atom stereocenters. The molecule has 0 radical (unpaired) electrons. The highest BCUT2D eigenvalue weighted by Crippen LogP contribution is 2.21. The molecule has 1 aromatic heterocycles. The number of benzene rings is 1. The molecule has 1 fully saturated rings. The molecular weight excluding hydrogens is 308 g/mol. The number of anilines is 2. The highest BCUT2D eigenvalue weighted by Gasteiger charge is 2.12. The normalized spacial score (nSPS) is 15.9. The summed E-state index contributed by atoms with van der Waals surface area (Å²) in [6, 6.07) is 10.4. The summed E-state index contributed by atoms with van der Waals surface area (Å²) >= 11 is 5.90. The zero-order valence-corrected chi connectivity index (χ0v) is 14.0. The zero-order chi connectivity index (χ0) is 15.9. The van der Waals surface area contributed by atoms with Crippen molar-refractivity contribution in [3.8, 4) is 0 Å². The van der Waals surface area contributed by atoms with Gasteiger partial charge in [0.2, 0.25) is 0 Å². The Morgan fingerprint density at radius 1 is 0.957 bits per heavy atom. The van der Waals surface area contributed by atoms with Crippen LogP contribution in [0.25, 0.3) is 0 Å². The molecule has 1 heterocycles. The molecule has 23 heavy (non-hydrogen) atoms. The number of nitrogens with zero attached hydrogens (tertiary/aromatic N) is 2. The number of hydrogen-bond acceptors (Lipinski definition) is 4. The molecule has 1 aliphatic rings. The van der Waals surface area contributed by atoms with E-state index in [2.05, 4.69) is 20.6 Å². The van der Waals surface area contributed by atoms with Crippen LogP contribution in [0, 0.1) is 0 Å². The maximum Gasteiger partial charge on any atom is 0.131 e. The van der Waals surface area contributed by atoms with Crippen molar-refractivity contribution in [2.75, 3.05) is 10.6 Å². The van der Waals surface area contributed by atoms with E-state index in [1.165, 1.54) is 44.1 Å². The van der Waals surface area contributed by atoms with Crippen LogP contribution in [-0.2, 0) is 6.54 Å². The molecule has 1 aromatic carbocycles. The largest absolute Gasteiger partial charge is 0.367 e. The van der Waals surface area contributed by atoms with Gasteiger partial charge in [-0.3, -0.25) is 0 Å². The first kappa shape index (κ1) is 16.1. The lowest BCUT2D eigenvalue weighted by Gasteiger charge is -2.17. The zero-order valence-electron chi connectivity index (χ0n) is 13.3. The number of aromatic nitrogens is 2. The molecule has 5 heteroatoms. The predicted octanol–water partition coefficient (Wildman–Crippen LogP) is 4.88. The van der Waals surface area contributed by atoms with Gasteiger partial charge in [-0.25, -0.2) is 9.97 Å². The van der Waals surface area contributed by atoms with Gasteiger partial charge in [-0.15, -0.1) is 0 Å². The van der Waals surface area contributed by atoms with E-state index < -0.39 is 0 Å². The summed E-state index contributed by atoms with van der Waals surface area (Å²) in [5, 5.41) is 7.65. The van der Waals surface area contributed by atoms with E-state index in [0.717, 1.165) is 23.2 Å². The molecule has 2 N–H and O–H groups in total. The fourth-order valence-corrected chi connectivity index (χ4v) is 3.09. The quantitative estimate of drug-likeness (QED) is 0.767. The molecule has 122 valence electrons. The molecule has 3 rings (SSSR count). The molecule has 0 bridgehead atoms. The minimum absolute atomic E-state index is 0.538. The third kappa shape index (κ3) is 5.10. The summed E-state index contributed by atoms with van der Waals surface area (Å²) in [7, 11) is 0. The fourth-order valence-electron chi connectivity index (χ4n) is 2.96. The Kier molecular flexibility index (Phi) is 5.70. The second-order valence-electron chi connectivity index (χ2n) is 6.10. The molecule has 0 atom stereocenters. The van der Waals surface area contributed by atoms with Crippen molar-refractivity contribution in [3.63, 3.8) is 0 Å². The summed E-state index contributed by atoms with van der Waals surface area (Å²) < 4.78 is 0. The Labute approximate surface area is 142 Å². The maximum absolute atomic E-state index is 5.90. The second-order valence-corrected chi connectivity index (χ2v) is 6.54. The topological polar surface area (TPSA) is 49.8 Å². The minimum Gasteiger partial charge on any atom is -0.367 e. The molecule has 0 aliphatic heterocycles. The standard InChI is InChI=1S/C18H23ClN4/c19-15-9-7-14(8-10-15)12-20-17-11-18(22-13-21-17)23-16-5-3-1-2-4-6-16/h7-11,13,16H,1-6,12H2,(H2,20,21,22,23). The van der Waals surface area contributed by atoms with Crippen LogP contribution >= 0.6 is 11.6 Å². The number of rotatable bonds is 5. The van der Waals surface area contributed by atoms with Crippen molar-refractivity contribution in [1.82, 2.24) is 9.97 Å². The van der Waals surface area contributed by atoms with Crippen LogP contribution in [0.15, 0.2) is 36.7 Å². The molecule has 1 saturated carbocycles. The van der Waals surface area contributed by atoms with E-state index >= 15 is 0 Å². The van der Waals surface area contributed by atoms with Crippen LogP contribution in [-0.4, -0.2) is 16.0 Å². The first-order valence-corrected chi connectivity index (χ1v) is 8.74. The van der Waals surface area contributed by atoms with Gasteiger partial charge in [0, 0.05) is 23.7 Å². The van der Waals surface area contributed by atoms with Crippen molar-refractivity contribution in [1.29, 1.82) is 0 Å². The second kappa shape index (κ2) is 8.16. The Balaban J connectivity index is 1.57. The molecular formula is C18H23ClN4. The lowest BCUT2D eigenvalue weighted by Crippen LogP contribution is -2.19. The lowest BCUT2D eigenvalue weighted by atomic mass is 10.1. The van der Waals surface area contributed by atoms with Gasteiger partial charge in [-0.2, -0.15) is 0 Å². The van der Waals surface area contributed by atoms with E-state index in [9.17, 15) is 0 Å². The Morgan fingerprint density at radius 3 is 2.39 bits per heavy atom. The third-order valence-electron chi connectivity index (χ3n) is 4.26. The van der Waals surface area contributed by atoms with E-state index in [1.54, 1.807) is 6.33 Å². The maximum atomic E-state index is 5.90. The smallest absolute Gasteiger partial charge is 0.131 e. The molecule has 0 amide bonds. The first-order chi connectivity index (χ1) is 11.3. The third-order valence-corrected chi connectivity index (χ3v) is 4.51. The molecule has 4 nitrogen and oxygen atoms in total. The average Bonchev–Trinajstić information content (AvgIpc) is 2.83. The van der Waals surface area contributed by atoms with E-state index in [0.29, 0.717) is 6.04 Å². The number of halogens is 1. The number of nitrogens with one attached hydrogen (secondary N) is 2. The Morgan fingerprint density at radius 2 is 1.65 bits per heavy atom. The Bertz CT molecular complexity index is 607. The van der Waals surface area contributed by atoms with Crippen LogP contribution in [0.2, 0.25) is 5.02 Å². The van der Waals surface area contributed by atoms with Crippen molar-refractivity contribution in [2.45, 2.75) is 51.1 Å². The van der Waals surface area contributed by atoms with Gasteiger partial charge >= 0.3 is 0 Å². The van der Waals surface area contributed by atoms with E-state index in [4.69, 9.17) is 11.6 Å². The minimum atomic E-state index is 0.538. The Hall–Kier alpha value is -1.81. The highest BCUT2D eigenvalue weighted by atomic mass is 35.5. The first-order valence-electron chi connectivity index (χ1n) is 8.36. The van der Waals surface area contributed by atoms with E-state index in [1.807, 2.05) is 30.3 Å². The van der Waals surface area contributed by atoms with Gasteiger partial charge in [0.1, 0.15) is 18.0 Å². The lowest BCUT2D eigenvalue weighted by molar-refractivity contribution is 0.617.